The minimum Gasteiger partial charge on any atom is -0.486 e. The van der Waals surface area contributed by atoms with Crippen molar-refractivity contribution in [2.24, 2.45) is 0 Å². The first kappa shape index (κ1) is 39.5. The minimum absolute atomic E-state index is 0. The van der Waals surface area contributed by atoms with Crippen LogP contribution in [0.5, 0.6) is 0 Å². The van der Waals surface area contributed by atoms with E-state index >= 15 is 0 Å². The van der Waals surface area contributed by atoms with Gasteiger partial charge >= 0.3 is 0 Å². The van der Waals surface area contributed by atoms with Gasteiger partial charge in [0.15, 0.2) is 0 Å². The van der Waals surface area contributed by atoms with Crippen LogP contribution in [0, 0.1) is 46.8 Å². The van der Waals surface area contributed by atoms with Crippen molar-refractivity contribution in [3.63, 3.8) is 0 Å². The molecular formula is C50H47IrN3O-2. The van der Waals surface area contributed by atoms with Crippen molar-refractivity contribution in [1.29, 1.82) is 0 Å². The second-order valence-corrected chi connectivity index (χ2v) is 15.0. The summed E-state index contributed by atoms with van der Waals surface area (Å²) in [5.74, 6) is 0.673. The van der Waals surface area contributed by atoms with Gasteiger partial charge in [-0.3, -0.25) is 0 Å². The molecule has 1 radical (unpaired) electrons. The van der Waals surface area contributed by atoms with E-state index in [4.69, 9.17) is 9.40 Å². The fourth-order valence-electron chi connectivity index (χ4n) is 7.02. The number of benzene rings is 4. The molecule has 0 fully saturated rings. The van der Waals surface area contributed by atoms with E-state index in [-0.39, 0.29) is 20.1 Å². The Morgan fingerprint density at radius 1 is 0.618 bits per heavy atom. The molecule has 8 rings (SSSR count). The average Bonchev–Trinajstić information content (AvgIpc) is 3.55. The van der Waals surface area contributed by atoms with Crippen molar-refractivity contribution in [1.82, 2.24) is 15.0 Å². The zero-order valence-corrected chi connectivity index (χ0v) is 35.5. The minimum atomic E-state index is 0. The van der Waals surface area contributed by atoms with Crippen molar-refractivity contribution in [3.05, 3.63) is 161 Å². The van der Waals surface area contributed by atoms with Gasteiger partial charge in [0, 0.05) is 43.4 Å². The summed E-state index contributed by atoms with van der Waals surface area (Å²) in [4.78, 5) is 14.3. The second kappa shape index (κ2) is 16.7. The fourth-order valence-corrected chi connectivity index (χ4v) is 7.02. The van der Waals surface area contributed by atoms with Crippen LogP contribution in [0.1, 0.15) is 78.5 Å². The van der Waals surface area contributed by atoms with E-state index in [1.807, 2.05) is 24.5 Å². The third kappa shape index (κ3) is 8.10. The Labute approximate surface area is 339 Å². The van der Waals surface area contributed by atoms with Crippen molar-refractivity contribution in [2.45, 2.75) is 74.1 Å². The van der Waals surface area contributed by atoms with Gasteiger partial charge in [-0.25, -0.2) is 4.98 Å². The molecule has 0 N–H and O–H groups in total. The Bertz CT molecular complexity index is 2600. The van der Waals surface area contributed by atoms with E-state index in [9.17, 15) is 0 Å². The van der Waals surface area contributed by atoms with Gasteiger partial charge in [-0.15, -0.1) is 53.6 Å². The van der Waals surface area contributed by atoms with E-state index in [1.54, 1.807) is 0 Å². The van der Waals surface area contributed by atoms with Crippen LogP contribution in [-0.4, -0.2) is 15.0 Å². The summed E-state index contributed by atoms with van der Waals surface area (Å²) < 4.78 is 6.50. The zero-order chi connectivity index (χ0) is 38.1. The summed E-state index contributed by atoms with van der Waals surface area (Å²) in [7, 11) is 0. The van der Waals surface area contributed by atoms with Gasteiger partial charge in [-0.05, 0) is 96.4 Å². The molecule has 0 saturated heterocycles. The van der Waals surface area contributed by atoms with Crippen LogP contribution in [0.3, 0.4) is 0 Å². The van der Waals surface area contributed by atoms with Crippen LogP contribution in [0.25, 0.3) is 67.0 Å². The van der Waals surface area contributed by atoms with Crippen molar-refractivity contribution in [2.75, 3.05) is 0 Å². The van der Waals surface area contributed by atoms with Gasteiger partial charge in [0.25, 0.3) is 0 Å². The molecule has 0 bridgehead atoms. The van der Waals surface area contributed by atoms with Crippen molar-refractivity contribution >= 4 is 22.1 Å². The zero-order valence-electron chi connectivity index (χ0n) is 33.1. The summed E-state index contributed by atoms with van der Waals surface area (Å²) >= 11 is 0. The Morgan fingerprint density at radius 3 is 1.95 bits per heavy atom. The molecule has 8 aromatic rings. The molecule has 0 saturated carbocycles. The standard InChI is InChI=1S/C36H33N2O.C14H14N.Ir/c1-21(2)26-15-16-27(25-11-8-7-9-12-25)33(22(3)4)34(26)31-18-17-29-28-13-10-14-30(35(28)39-36(29)38-31)32-19-23(5)24(6)20-37-32;1-10-4-6-13(7-5-10)14-8-11(2)12(3)9-15-14;/h7-13,15-22H,1-6H3;4-6,8-9H,1-3H3;/q2*-1;. The molecule has 4 aromatic carbocycles. The molecule has 0 aliphatic rings. The van der Waals surface area contributed by atoms with E-state index in [2.05, 4.69) is 169 Å². The molecule has 279 valence electrons. The third-order valence-corrected chi connectivity index (χ3v) is 10.4. The van der Waals surface area contributed by atoms with Crippen molar-refractivity contribution in [3.8, 4) is 44.9 Å². The number of rotatable bonds is 6. The second-order valence-electron chi connectivity index (χ2n) is 15.0. The van der Waals surface area contributed by atoms with Crippen LogP contribution >= 0.6 is 0 Å². The van der Waals surface area contributed by atoms with Crippen LogP contribution in [0.15, 0.2) is 114 Å². The number of hydrogen-bond donors (Lipinski definition) is 0. The summed E-state index contributed by atoms with van der Waals surface area (Å²) in [6.07, 6.45) is 3.83. The molecule has 4 nitrogen and oxygen atoms in total. The van der Waals surface area contributed by atoms with Gasteiger partial charge in [-0.2, -0.15) is 0 Å². The smallest absolute Gasteiger partial charge is 0.216 e. The SMILES string of the molecule is Cc1c[c-]c(-c2cc(C)c(C)cn2)cc1.Cc1cnc(-c2[c-]ccc3c2oc2nc(-c4c(C(C)C)ccc(-c5ccccc5)c4C(C)C)ccc23)cc1C.[Ir]. The molecule has 0 aliphatic heterocycles. The average molecular weight is 898 g/mol. The fraction of sp³-hybridized carbons (Fsp3) is 0.220. The summed E-state index contributed by atoms with van der Waals surface area (Å²) in [5, 5.41) is 2.04. The van der Waals surface area contributed by atoms with Crippen LogP contribution in [-0.2, 0) is 20.1 Å². The molecule has 0 aliphatic carbocycles. The molecule has 4 heterocycles. The monoisotopic (exact) mass is 898 g/mol. The van der Waals surface area contributed by atoms with E-state index in [0.717, 1.165) is 44.6 Å². The normalized spacial score (nSPS) is 11.2. The van der Waals surface area contributed by atoms with Gasteiger partial charge in [0.2, 0.25) is 5.71 Å². The molecular weight excluding hydrogens is 851 g/mol. The predicted octanol–water partition coefficient (Wildman–Crippen LogP) is 13.5. The molecule has 0 atom stereocenters. The Kier molecular flexibility index (Phi) is 11.9. The Balaban J connectivity index is 0.000000270. The van der Waals surface area contributed by atoms with Crippen LogP contribution in [0.4, 0.5) is 0 Å². The number of pyridine rings is 3. The van der Waals surface area contributed by atoms with Gasteiger partial charge in [-0.1, -0.05) is 111 Å². The number of aryl methyl sites for hydroxylation is 5. The summed E-state index contributed by atoms with van der Waals surface area (Å²) in [6.45, 7) is 19.5. The quantitative estimate of drug-likeness (QED) is 0.156. The molecule has 0 unspecified atom stereocenters. The van der Waals surface area contributed by atoms with Crippen LogP contribution in [0.2, 0.25) is 0 Å². The first-order chi connectivity index (χ1) is 26.0. The number of aromatic nitrogens is 3. The Hall–Kier alpha value is -5.22. The third-order valence-electron chi connectivity index (χ3n) is 10.4. The topological polar surface area (TPSA) is 51.8 Å². The van der Waals surface area contributed by atoms with Crippen molar-refractivity contribution < 1.29 is 24.5 Å². The van der Waals surface area contributed by atoms with E-state index in [0.29, 0.717) is 17.5 Å². The maximum Gasteiger partial charge on any atom is 0.216 e. The molecule has 5 heteroatoms. The van der Waals surface area contributed by atoms with Gasteiger partial charge in [0.1, 0.15) is 0 Å². The van der Waals surface area contributed by atoms with Crippen LogP contribution < -0.4 is 0 Å². The maximum atomic E-state index is 6.50. The molecule has 4 aromatic heterocycles. The van der Waals surface area contributed by atoms with Gasteiger partial charge in [0.05, 0.1) is 11.3 Å². The maximum absolute atomic E-state index is 6.50. The Morgan fingerprint density at radius 2 is 1.31 bits per heavy atom. The summed E-state index contributed by atoms with van der Waals surface area (Å²) in [5.41, 5.74) is 18.6. The molecule has 0 spiro atoms. The molecule has 55 heavy (non-hydrogen) atoms. The van der Waals surface area contributed by atoms with Gasteiger partial charge < -0.3 is 14.4 Å². The molecule has 0 amide bonds. The largest absolute Gasteiger partial charge is 0.486 e. The van der Waals surface area contributed by atoms with E-state index in [1.165, 1.54) is 55.6 Å². The number of fused-ring (bicyclic) bond motifs is 3. The predicted molar refractivity (Wildman–Crippen MR) is 225 cm³/mol. The number of hydrogen-bond acceptors (Lipinski definition) is 4. The number of furan rings is 1. The number of nitrogens with zero attached hydrogens (tertiary/aromatic N) is 3. The summed E-state index contributed by atoms with van der Waals surface area (Å²) in [6, 6.07) is 40.5. The first-order valence-corrected chi connectivity index (χ1v) is 18.8. The van der Waals surface area contributed by atoms with E-state index < -0.39 is 0 Å². The first-order valence-electron chi connectivity index (χ1n) is 18.8.